The van der Waals surface area contributed by atoms with Crippen LogP contribution < -0.4 is 10.6 Å². The van der Waals surface area contributed by atoms with Gasteiger partial charge in [-0.25, -0.2) is 0 Å². The smallest absolute Gasteiger partial charge is 0.245 e. The van der Waals surface area contributed by atoms with Crippen LogP contribution in [-0.2, 0) is 0 Å². The number of nitrogens with one attached hydrogen (secondary N) is 1. The predicted molar refractivity (Wildman–Crippen MR) is 87.8 cm³/mol. The Balaban J connectivity index is 1.81. The maximum Gasteiger partial charge on any atom is 0.245 e. The van der Waals surface area contributed by atoms with Gasteiger partial charge in [-0.2, -0.15) is 4.98 Å². The third-order valence-corrected chi connectivity index (χ3v) is 5.59. The lowest BCUT2D eigenvalue weighted by atomic mass is 9.82. The minimum absolute atomic E-state index is 0.176. The number of thiophene rings is 1. The Kier molecular flexibility index (Phi) is 3.75. The largest absolute Gasteiger partial charge is 0.339 e. The van der Waals surface area contributed by atoms with Gasteiger partial charge in [-0.3, -0.25) is 5.10 Å². The van der Waals surface area contributed by atoms with Crippen LogP contribution in [0, 0.1) is 19.3 Å². The molecule has 1 atom stereocenters. The molecule has 0 bridgehead atoms. The lowest BCUT2D eigenvalue weighted by Crippen LogP contribution is -2.46. The first-order valence-electron chi connectivity index (χ1n) is 7.45. The molecule has 1 aliphatic heterocycles. The molecule has 0 amide bonds. The number of aromatic nitrogens is 3. The van der Waals surface area contributed by atoms with E-state index in [1.165, 1.54) is 16.9 Å². The minimum Gasteiger partial charge on any atom is -0.339 e. The van der Waals surface area contributed by atoms with E-state index in [-0.39, 0.29) is 5.41 Å². The molecule has 0 radical (unpaired) electrons. The maximum absolute atomic E-state index is 5.92. The molecule has 6 heteroatoms. The average molecular weight is 305 g/mol. The number of piperidine rings is 1. The summed E-state index contributed by atoms with van der Waals surface area (Å²) in [6.07, 6.45) is 2.33. The van der Waals surface area contributed by atoms with E-state index in [1.54, 1.807) is 11.3 Å². The molecule has 0 aromatic carbocycles. The summed E-state index contributed by atoms with van der Waals surface area (Å²) in [7, 11) is 0. The van der Waals surface area contributed by atoms with E-state index < -0.39 is 0 Å². The molecule has 3 N–H and O–H groups in total. The fourth-order valence-electron chi connectivity index (χ4n) is 2.85. The highest BCUT2D eigenvalue weighted by atomic mass is 32.1. The average Bonchev–Trinajstić information content (AvgIpc) is 3.07. The first kappa shape index (κ1) is 14.5. The zero-order valence-electron chi connectivity index (χ0n) is 12.9. The van der Waals surface area contributed by atoms with Crippen molar-refractivity contribution in [1.82, 2.24) is 15.2 Å². The molecule has 2 aromatic rings. The van der Waals surface area contributed by atoms with Gasteiger partial charge in [0.25, 0.3) is 0 Å². The fraction of sp³-hybridized carbons (Fsp3) is 0.600. The zero-order valence-corrected chi connectivity index (χ0v) is 13.8. The van der Waals surface area contributed by atoms with Crippen LogP contribution in [0.15, 0.2) is 6.07 Å². The second-order valence-electron chi connectivity index (χ2n) is 6.37. The third-order valence-electron chi connectivity index (χ3n) is 4.43. The van der Waals surface area contributed by atoms with Crippen LogP contribution >= 0.6 is 11.3 Å². The Labute approximate surface area is 129 Å². The molecule has 1 unspecified atom stereocenters. The number of nitrogens with zero attached hydrogens (tertiary/aromatic N) is 3. The number of hydrogen-bond donors (Lipinski definition) is 2. The summed E-state index contributed by atoms with van der Waals surface area (Å²) in [6.45, 7) is 9.17. The minimum atomic E-state index is 0.176. The Bertz CT molecular complexity index is 612. The van der Waals surface area contributed by atoms with Crippen LogP contribution in [-0.4, -0.2) is 34.8 Å². The molecule has 1 saturated heterocycles. The van der Waals surface area contributed by atoms with Gasteiger partial charge in [0.05, 0.1) is 4.88 Å². The van der Waals surface area contributed by atoms with Crippen molar-refractivity contribution in [3.8, 4) is 10.7 Å². The quantitative estimate of drug-likeness (QED) is 0.914. The first-order chi connectivity index (χ1) is 10.0. The summed E-state index contributed by atoms with van der Waals surface area (Å²) in [6, 6.07) is 2.17. The van der Waals surface area contributed by atoms with Gasteiger partial charge in [0.1, 0.15) is 0 Å². The number of rotatable bonds is 3. The van der Waals surface area contributed by atoms with Crippen LogP contribution in [0.3, 0.4) is 0 Å². The molecular weight excluding hydrogens is 282 g/mol. The van der Waals surface area contributed by atoms with E-state index in [0.29, 0.717) is 6.54 Å². The zero-order chi connectivity index (χ0) is 15.0. The van der Waals surface area contributed by atoms with E-state index in [4.69, 9.17) is 5.73 Å². The highest BCUT2D eigenvalue weighted by molar-refractivity contribution is 7.15. The van der Waals surface area contributed by atoms with E-state index in [2.05, 4.69) is 46.9 Å². The van der Waals surface area contributed by atoms with E-state index in [0.717, 1.165) is 36.2 Å². The van der Waals surface area contributed by atoms with Gasteiger partial charge >= 0.3 is 0 Å². The van der Waals surface area contributed by atoms with Gasteiger partial charge in [-0.05, 0) is 50.3 Å². The number of aryl methyl sites for hydroxylation is 2. The van der Waals surface area contributed by atoms with Gasteiger partial charge in [-0.15, -0.1) is 16.4 Å². The lowest BCUT2D eigenvalue weighted by molar-refractivity contribution is 0.270. The van der Waals surface area contributed by atoms with Crippen molar-refractivity contribution in [3.05, 3.63) is 16.5 Å². The van der Waals surface area contributed by atoms with Crippen LogP contribution in [0.1, 0.15) is 30.2 Å². The number of H-pyrrole nitrogens is 1. The predicted octanol–water partition coefficient (Wildman–Crippen LogP) is 2.72. The standard InChI is InChI=1S/C15H23N5S/c1-10-7-12(21-11(10)2)13-17-14(19-18-13)20-6-4-5-15(3,8-16)9-20/h7H,4-6,8-9,16H2,1-3H3,(H,17,18,19). The summed E-state index contributed by atoms with van der Waals surface area (Å²) < 4.78 is 0. The second-order valence-corrected chi connectivity index (χ2v) is 7.63. The Morgan fingerprint density at radius 1 is 1.48 bits per heavy atom. The Hall–Kier alpha value is -1.40. The van der Waals surface area contributed by atoms with Gasteiger partial charge in [0, 0.05) is 18.0 Å². The normalized spacial score (nSPS) is 22.8. The SMILES string of the molecule is Cc1cc(-c2nc(N3CCCC(C)(CN)C3)n[nH]2)sc1C. The Morgan fingerprint density at radius 3 is 2.95 bits per heavy atom. The number of hydrogen-bond acceptors (Lipinski definition) is 5. The summed E-state index contributed by atoms with van der Waals surface area (Å²) in [4.78, 5) is 9.43. The van der Waals surface area contributed by atoms with Crippen LogP contribution in [0.4, 0.5) is 5.95 Å². The highest BCUT2D eigenvalue weighted by Crippen LogP contribution is 2.32. The highest BCUT2D eigenvalue weighted by Gasteiger charge is 2.31. The van der Waals surface area contributed by atoms with Crippen LogP contribution in [0.5, 0.6) is 0 Å². The van der Waals surface area contributed by atoms with Crippen molar-refractivity contribution in [2.45, 2.75) is 33.6 Å². The monoisotopic (exact) mass is 305 g/mol. The number of nitrogens with two attached hydrogens (primary N) is 1. The molecule has 0 aliphatic carbocycles. The van der Waals surface area contributed by atoms with Crippen molar-refractivity contribution in [2.24, 2.45) is 11.1 Å². The molecule has 1 aliphatic rings. The molecular formula is C15H23N5S. The number of aromatic amines is 1. The van der Waals surface area contributed by atoms with E-state index in [9.17, 15) is 0 Å². The molecule has 5 nitrogen and oxygen atoms in total. The fourth-order valence-corrected chi connectivity index (χ4v) is 3.82. The van der Waals surface area contributed by atoms with Crippen molar-refractivity contribution in [1.29, 1.82) is 0 Å². The summed E-state index contributed by atoms with van der Waals surface area (Å²) in [5.41, 5.74) is 7.40. The van der Waals surface area contributed by atoms with E-state index in [1.807, 2.05) is 0 Å². The molecule has 3 heterocycles. The first-order valence-corrected chi connectivity index (χ1v) is 8.27. The van der Waals surface area contributed by atoms with E-state index >= 15 is 0 Å². The molecule has 1 fully saturated rings. The molecule has 0 saturated carbocycles. The van der Waals surface area contributed by atoms with Gasteiger partial charge in [0.15, 0.2) is 5.82 Å². The van der Waals surface area contributed by atoms with Crippen molar-refractivity contribution in [2.75, 3.05) is 24.5 Å². The summed E-state index contributed by atoms with van der Waals surface area (Å²) in [5.74, 6) is 1.67. The van der Waals surface area contributed by atoms with Crippen LogP contribution in [0.2, 0.25) is 0 Å². The molecule has 0 spiro atoms. The van der Waals surface area contributed by atoms with Gasteiger partial charge in [0.2, 0.25) is 5.95 Å². The summed E-state index contributed by atoms with van der Waals surface area (Å²) >= 11 is 1.76. The molecule has 3 rings (SSSR count). The Morgan fingerprint density at radius 2 is 2.29 bits per heavy atom. The van der Waals surface area contributed by atoms with Crippen molar-refractivity contribution in [3.63, 3.8) is 0 Å². The topological polar surface area (TPSA) is 70.8 Å². The molecule has 21 heavy (non-hydrogen) atoms. The van der Waals surface area contributed by atoms with Crippen LogP contribution in [0.25, 0.3) is 10.7 Å². The maximum atomic E-state index is 5.92. The molecule has 114 valence electrons. The lowest BCUT2D eigenvalue weighted by Gasteiger charge is -2.39. The van der Waals surface area contributed by atoms with Gasteiger partial charge < -0.3 is 10.6 Å². The van der Waals surface area contributed by atoms with Gasteiger partial charge in [-0.1, -0.05) is 6.92 Å². The van der Waals surface area contributed by atoms with Crippen molar-refractivity contribution < 1.29 is 0 Å². The third kappa shape index (κ3) is 2.82. The molecule has 2 aromatic heterocycles. The number of anilines is 1. The summed E-state index contributed by atoms with van der Waals surface area (Å²) in [5, 5.41) is 7.49. The second kappa shape index (κ2) is 5.42. The van der Waals surface area contributed by atoms with Crippen molar-refractivity contribution >= 4 is 17.3 Å².